The van der Waals surface area contributed by atoms with E-state index in [1.807, 2.05) is 32.4 Å². The molecule has 0 saturated heterocycles. The molecule has 0 heterocycles. The Kier molecular flexibility index (Phi) is 309. The Labute approximate surface area is 139 Å². The molecule has 1 aliphatic rings. The van der Waals surface area contributed by atoms with Crippen LogP contribution in [0.4, 0.5) is 0 Å². The fraction of sp³-hybridized carbons (Fsp3) is 0.250. The zero-order valence-electron chi connectivity index (χ0n) is 11.2. The standard InChI is InChI=1S/C5H5.C3H7.4CH3.3ClH.Ti/c1-2-4-5-3-1;1-3-2;;;;;;;;/h1-3H,4H2;3H,1-2H3;4*1H3;3*1H;/q6*-1;;;;. The molecule has 0 fully saturated rings. The average Bonchev–Trinajstić information content (AvgIpc) is 2.17. The molecule has 4 heteroatoms. The summed E-state index contributed by atoms with van der Waals surface area (Å²) < 4.78 is 0. The molecule has 0 N–H and O–H groups in total. The maximum absolute atomic E-state index is 2.99. The molecule has 16 heavy (non-hydrogen) atoms. The zero-order chi connectivity index (χ0) is 6.24. The van der Waals surface area contributed by atoms with Crippen molar-refractivity contribution in [3.63, 3.8) is 0 Å². The van der Waals surface area contributed by atoms with E-state index in [0.717, 1.165) is 6.42 Å². The Balaban J connectivity index is -0.00000000608. The monoisotopic (exact) mass is 324 g/mol. The van der Waals surface area contributed by atoms with Gasteiger partial charge in [0.05, 0.1) is 0 Å². The molecule has 1 rings (SSSR count). The van der Waals surface area contributed by atoms with Crippen LogP contribution in [0.1, 0.15) is 20.3 Å². The molecule has 0 radical (unpaired) electrons. The smallest absolute Gasteiger partial charge is 0 e. The molecule has 0 nitrogen and oxygen atoms in total. The van der Waals surface area contributed by atoms with Crippen LogP contribution in [0.5, 0.6) is 0 Å². The molecule has 0 amide bonds. The van der Waals surface area contributed by atoms with Gasteiger partial charge in [-0.2, -0.15) is 19.9 Å². The van der Waals surface area contributed by atoms with Crippen LogP contribution in [0.2, 0.25) is 0 Å². The SMILES string of the molecule is C[CH-]C.Cl.Cl.Cl.[C-]1=CC=CC1.[CH3-].[CH3-].[CH3-].[CH3-].[Ti]. The van der Waals surface area contributed by atoms with Crippen molar-refractivity contribution in [1.82, 2.24) is 0 Å². The van der Waals surface area contributed by atoms with E-state index >= 15 is 0 Å². The number of halogens is 3. The fourth-order valence-electron chi connectivity index (χ4n) is 0.340. The third kappa shape index (κ3) is 81.0. The average molecular weight is 326 g/mol. The topological polar surface area (TPSA) is 0 Å². The van der Waals surface area contributed by atoms with E-state index < -0.39 is 0 Å². The molecular weight excluding hydrogens is 298 g/mol. The van der Waals surface area contributed by atoms with Crippen molar-refractivity contribution < 1.29 is 21.7 Å². The van der Waals surface area contributed by atoms with E-state index in [-0.39, 0.29) is 88.6 Å². The summed E-state index contributed by atoms with van der Waals surface area (Å²) in [6.45, 7) is 4.00. The third-order valence-corrected chi connectivity index (χ3v) is 0.586. The van der Waals surface area contributed by atoms with Crippen molar-refractivity contribution in [1.29, 1.82) is 0 Å². The summed E-state index contributed by atoms with van der Waals surface area (Å²) in [5, 5.41) is 0. The molecule has 0 spiro atoms. The Bertz CT molecular complexity index is 84.3. The fourth-order valence-corrected chi connectivity index (χ4v) is 0.340. The van der Waals surface area contributed by atoms with Crippen LogP contribution in [0, 0.1) is 42.2 Å². The van der Waals surface area contributed by atoms with Crippen molar-refractivity contribution in [3.05, 3.63) is 60.4 Å². The quantitative estimate of drug-likeness (QED) is 0.402. The van der Waals surface area contributed by atoms with Crippen LogP contribution in [0.3, 0.4) is 0 Å². The number of hydrogen-bond donors (Lipinski definition) is 0. The van der Waals surface area contributed by atoms with E-state index in [0.29, 0.717) is 0 Å². The van der Waals surface area contributed by atoms with E-state index in [2.05, 4.69) is 12.2 Å². The zero-order valence-corrected chi connectivity index (χ0v) is 15.3. The number of hydrogen-bond acceptors (Lipinski definition) is 0. The normalized spacial score (nSPS) is 6.62. The number of rotatable bonds is 0. The second-order valence-corrected chi connectivity index (χ2v) is 1.58. The van der Waals surface area contributed by atoms with Gasteiger partial charge in [0.25, 0.3) is 0 Å². The van der Waals surface area contributed by atoms with E-state index in [4.69, 9.17) is 0 Å². The summed E-state index contributed by atoms with van der Waals surface area (Å²) in [6.07, 6.45) is 12.0. The van der Waals surface area contributed by atoms with Crippen molar-refractivity contribution in [3.8, 4) is 0 Å². The van der Waals surface area contributed by atoms with Crippen LogP contribution in [-0.4, -0.2) is 0 Å². The minimum atomic E-state index is 0. The summed E-state index contributed by atoms with van der Waals surface area (Å²) in [5.41, 5.74) is 0. The van der Waals surface area contributed by atoms with Crippen molar-refractivity contribution in [2.45, 2.75) is 20.3 Å². The summed E-state index contributed by atoms with van der Waals surface area (Å²) in [7, 11) is 0. The molecule has 1 aliphatic carbocycles. The number of allylic oxidation sites excluding steroid dienone is 4. The van der Waals surface area contributed by atoms with Crippen molar-refractivity contribution >= 4 is 37.2 Å². The second-order valence-electron chi connectivity index (χ2n) is 1.58. The van der Waals surface area contributed by atoms with Gasteiger partial charge in [0.2, 0.25) is 0 Å². The van der Waals surface area contributed by atoms with Gasteiger partial charge >= 0.3 is 0 Å². The molecule has 0 atom stereocenters. The predicted octanol–water partition coefficient (Wildman–Crippen LogP) is 5.60. The van der Waals surface area contributed by atoms with Crippen LogP contribution in [0.15, 0.2) is 18.2 Å². The first-order chi connectivity index (χ1) is 3.91. The minimum Gasteiger partial charge on any atom is -0.358 e. The summed E-state index contributed by atoms with van der Waals surface area (Å²) in [4.78, 5) is 0. The largest absolute Gasteiger partial charge is 0.358 e. The first-order valence-corrected chi connectivity index (χ1v) is 2.87. The van der Waals surface area contributed by atoms with Crippen molar-refractivity contribution in [2.24, 2.45) is 0 Å². The first-order valence-electron chi connectivity index (χ1n) is 2.87. The van der Waals surface area contributed by atoms with Crippen molar-refractivity contribution in [2.75, 3.05) is 0 Å². The van der Waals surface area contributed by atoms with Gasteiger partial charge < -0.3 is 36.1 Å². The van der Waals surface area contributed by atoms with Crippen LogP contribution in [-0.2, 0) is 21.7 Å². The molecule has 0 aromatic heterocycles. The second kappa shape index (κ2) is 73.1. The van der Waals surface area contributed by atoms with E-state index in [1.165, 1.54) is 0 Å². The van der Waals surface area contributed by atoms with Crippen LogP contribution >= 0.6 is 37.2 Å². The van der Waals surface area contributed by atoms with Gasteiger partial charge in [-0.05, 0) is 0 Å². The molecular formula is C12H27Cl3Ti-6. The molecule has 0 unspecified atom stereocenters. The van der Waals surface area contributed by atoms with Gasteiger partial charge in [-0.25, -0.2) is 12.2 Å². The third-order valence-electron chi connectivity index (χ3n) is 0.586. The van der Waals surface area contributed by atoms with E-state index in [9.17, 15) is 0 Å². The van der Waals surface area contributed by atoms with E-state index in [1.54, 1.807) is 0 Å². The van der Waals surface area contributed by atoms with Crippen LogP contribution in [0.25, 0.3) is 0 Å². The van der Waals surface area contributed by atoms with Gasteiger partial charge in [0.1, 0.15) is 0 Å². The van der Waals surface area contributed by atoms with Crippen LogP contribution < -0.4 is 0 Å². The minimum absolute atomic E-state index is 0. The maximum atomic E-state index is 2.99. The van der Waals surface area contributed by atoms with Gasteiger partial charge in [-0.15, -0.1) is 43.6 Å². The molecule has 0 saturated carbocycles. The molecule has 0 bridgehead atoms. The van der Waals surface area contributed by atoms with Gasteiger partial charge in [-0.1, -0.05) is 0 Å². The molecule has 0 aliphatic heterocycles. The summed E-state index contributed by atoms with van der Waals surface area (Å²) >= 11 is 0. The Morgan fingerprint density at radius 2 is 1.25 bits per heavy atom. The Morgan fingerprint density at radius 1 is 0.938 bits per heavy atom. The predicted molar refractivity (Wildman–Crippen MR) is 84.6 cm³/mol. The Hall–Kier alpha value is 1.06. The van der Waals surface area contributed by atoms with Gasteiger partial charge in [0.15, 0.2) is 0 Å². The Morgan fingerprint density at radius 3 is 1.31 bits per heavy atom. The summed E-state index contributed by atoms with van der Waals surface area (Å²) in [5.74, 6) is 0. The molecule has 106 valence electrons. The first kappa shape index (κ1) is 67.7. The maximum Gasteiger partial charge on any atom is 0 e. The van der Waals surface area contributed by atoms with Gasteiger partial charge in [-0.3, -0.25) is 6.08 Å². The van der Waals surface area contributed by atoms with Gasteiger partial charge in [0, 0.05) is 21.7 Å². The summed E-state index contributed by atoms with van der Waals surface area (Å²) in [6, 6.07) is 0. The molecule has 0 aromatic rings. The molecule has 0 aromatic carbocycles.